The van der Waals surface area contributed by atoms with E-state index in [1.807, 2.05) is 29.2 Å². The van der Waals surface area contributed by atoms with E-state index in [1.165, 1.54) is 6.42 Å². The minimum atomic E-state index is 0.149. The smallest absolute Gasteiger partial charge is 0.226 e. The number of hydrogen-bond acceptors (Lipinski definition) is 2. The Hall–Kier alpha value is -1.55. The van der Waals surface area contributed by atoms with E-state index in [0.717, 1.165) is 44.3 Å². The topological polar surface area (TPSA) is 49.4 Å². The number of carbonyl (C=O) groups excluding carboxylic acids is 2. The first kappa shape index (κ1) is 16.3. The molecule has 4 nitrogen and oxygen atoms in total. The molecule has 0 bridgehead atoms. The number of nitrogens with zero attached hydrogens (tertiary/aromatic N) is 1. The summed E-state index contributed by atoms with van der Waals surface area (Å²) in [4.78, 5) is 26.2. The van der Waals surface area contributed by atoms with E-state index in [4.69, 9.17) is 11.6 Å². The van der Waals surface area contributed by atoms with E-state index in [2.05, 4.69) is 5.32 Å². The van der Waals surface area contributed by atoms with Gasteiger partial charge in [-0.2, -0.15) is 0 Å². The SMILES string of the molecule is O=C(NC1CCN(C(=O)Cc2ccc(Cl)cc2)CC1)C1CCC1. The zero-order chi connectivity index (χ0) is 16.2. The first-order valence-electron chi connectivity index (χ1n) is 8.44. The van der Waals surface area contributed by atoms with Crippen LogP contribution >= 0.6 is 11.6 Å². The van der Waals surface area contributed by atoms with E-state index >= 15 is 0 Å². The molecule has 1 heterocycles. The van der Waals surface area contributed by atoms with Gasteiger partial charge in [0.05, 0.1) is 6.42 Å². The van der Waals surface area contributed by atoms with E-state index in [1.54, 1.807) is 0 Å². The van der Waals surface area contributed by atoms with Gasteiger partial charge in [-0.3, -0.25) is 9.59 Å². The Bertz CT molecular complexity index is 561. The summed E-state index contributed by atoms with van der Waals surface area (Å²) < 4.78 is 0. The third-order valence-electron chi connectivity index (χ3n) is 4.94. The molecule has 1 aliphatic carbocycles. The van der Waals surface area contributed by atoms with Gasteiger partial charge in [0.1, 0.15) is 0 Å². The monoisotopic (exact) mass is 334 g/mol. The van der Waals surface area contributed by atoms with Crippen molar-refractivity contribution in [2.75, 3.05) is 13.1 Å². The average molecular weight is 335 g/mol. The van der Waals surface area contributed by atoms with Crippen molar-refractivity contribution in [3.63, 3.8) is 0 Å². The Kier molecular flexibility index (Phi) is 5.21. The van der Waals surface area contributed by atoms with E-state index in [9.17, 15) is 9.59 Å². The number of carbonyl (C=O) groups is 2. The van der Waals surface area contributed by atoms with Crippen LogP contribution in [0.25, 0.3) is 0 Å². The summed E-state index contributed by atoms with van der Waals surface area (Å²) in [6.07, 6.45) is 5.36. The van der Waals surface area contributed by atoms with Crippen molar-refractivity contribution in [3.8, 4) is 0 Å². The van der Waals surface area contributed by atoms with Crippen LogP contribution in [-0.2, 0) is 16.0 Å². The normalized spacial score (nSPS) is 19.3. The number of rotatable bonds is 4. The highest BCUT2D eigenvalue weighted by Gasteiger charge is 2.29. The molecule has 0 atom stereocenters. The fourth-order valence-corrected chi connectivity index (χ4v) is 3.28. The molecule has 0 radical (unpaired) electrons. The van der Waals surface area contributed by atoms with Crippen LogP contribution < -0.4 is 5.32 Å². The molecule has 2 amide bonds. The van der Waals surface area contributed by atoms with Crippen LogP contribution in [0.3, 0.4) is 0 Å². The van der Waals surface area contributed by atoms with Gasteiger partial charge in [-0.05, 0) is 43.4 Å². The predicted molar refractivity (Wildman–Crippen MR) is 90.2 cm³/mol. The maximum atomic E-state index is 12.4. The van der Waals surface area contributed by atoms with Crippen LogP contribution in [0.1, 0.15) is 37.7 Å². The lowest BCUT2D eigenvalue weighted by Gasteiger charge is -2.34. The summed E-state index contributed by atoms with van der Waals surface area (Å²) in [5.41, 5.74) is 0.986. The van der Waals surface area contributed by atoms with Crippen LogP contribution in [0.15, 0.2) is 24.3 Å². The average Bonchev–Trinajstić information content (AvgIpc) is 2.48. The van der Waals surface area contributed by atoms with Crippen molar-refractivity contribution < 1.29 is 9.59 Å². The fraction of sp³-hybridized carbons (Fsp3) is 0.556. The molecular weight excluding hydrogens is 312 g/mol. The van der Waals surface area contributed by atoms with Crippen molar-refractivity contribution >= 4 is 23.4 Å². The summed E-state index contributed by atoms with van der Waals surface area (Å²) >= 11 is 5.86. The number of nitrogens with one attached hydrogen (secondary N) is 1. The van der Waals surface area contributed by atoms with Gasteiger partial charge in [0.15, 0.2) is 0 Å². The Morgan fingerprint density at radius 3 is 2.30 bits per heavy atom. The minimum absolute atomic E-state index is 0.149. The van der Waals surface area contributed by atoms with Gasteiger partial charge in [0.25, 0.3) is 0 Å². The van der Waals surface area contributed by atoms with Crippen molar-refractivity contribution in [2.24, 2.45) is 5.92 Å². The minimum Gasteiger partial charge on any atom is -0.353 e. The molecule has 1 saturated heterocycles. The van der Waals surface area contributed by atoms with Gasteiger partial charge in [-0.1, -0.05) is 30.2 Å². The molecule has 1 aromatic carbocycles. The third kappa shape index (κ3) is 4.25. The number of halogens is 1. The Balaban J connectivity index is 1.43. The highest BCUT2D eigenvalue weighted by atomic mass is 35.5. The number of likely N-dealkylation sites (tertiary alicyclic amines) is 1. The molecule has 5 heteroatoms. The molecule has 2 fully saturated rings. The van der Waals surface area contributed by atoms with Gasteiger partial charge in [0.2, 0.25) is 11.8 Å². The number of benzene rings is 1. The lowest BCUT2D eigenvalue weighted by molar-refractivity contribution is -0.132. The number of hydrogen-bond donors (Lipinski definition) is 1. The van der Waals surface area contributed by atoms with Crippen LogP contribution in [0.5, 0.6) is 0 Å². The molecule has 2 aliphatic rings. The molecular formula is C18H23ClN2O2. The Morgan fingerprint density at radius 2 is 1.74 bits per heavy atom. The van der Waals surface area contributed by atoms with Crippen molar-refractivity contribution in [1.82, 2.24) is 10.2 Å². The van der Waals surface area contributed by atoms with Crippen molar-refractivity contribution in [1.29, 1.82) is 0 Å². The van der Waals surface area contributed by atoms with Crippen LogP contribution in [-0.4, -0.2) is 35.8 Å². The summed E-state index contributed by atoms with van der Waals surface area (Å²) in [6.45, 7) is 1.45. The highest BCUT2D eigenvalue weighted by Crippen LogP contribution is 2.26. The zero-order valence-electron chi connectivity index (χ0n) is 13.3. The maximum Gasteiger partial charge on any atom is 0.226 e. The highest BCUT2D eigenvalue weighted by molar-refractivity contribution is 6.30. The molecule has 1 saturated carbocycles. The largest absolute Gasteiger partial charge is 0.353 e. The molecule has 3 rings (SSSR count). The molecule has 0 aromatic heterocycles. The Labute approximate surface area is 142 Å². The summed E-state index contributed by atoms with van der Waals surface area (Å²) in [6, 6.07) is 7.64. The first-order valence-corrected chi connectivity index (χ1v) is 8.82. The van der Waals surface area contributed by atoms with Gasteiger partial charge < -0.3 is 10.2 Å². The van der Waals surface area contributed by atoms with Gasteiger partial charge >= 0.3 is 0 Å². The first-order chi connectivity index (χ1) is 11.1. The van der Waals surface area contributed by atoms with Crippen LogP contribution in [0.2, 0.25) is 5.02 Å². The van der Waals surface area contributed by atoms with Crippen LogP contribution in [0.4, 0.5) is 0 Å². The molecule has 1 aromatic rings. The van der Waals surface area contributed by atoms with Crippen molar-refractivity contribution in [2.45, 2.75) is 44.6 Å². The second-order valence-corrected chi connectivity index (χ2v) is 7.03. The second kappa shape index (κ2) is 7.35. The third-order valence-corrected chi connectivity index (χ3v) is 5.19. The molecule has 124 valence electrons. The quantitative estimate of drug-likeness (QED) is 0.920. The predicted octanol–water partition coefficient (Wildman–Crippen LogP) is 2.79. The molecule has 1 N–H and O–H groups in total. The molecule has 1 aliphatic heterocycles. The number of piperidine rings is 1. The van der Waals surface area contributed by atoms with E-state index < -0.39 is 0 Å². The second-order valence-electron chi connectivity index (χ2n) is 6.59. The zero-order valence-corrected chi connectivity index (χ0v) is 14.0. The lowest BCUT2D eigenvalue weighted by Crippen LogP contribution is -2.48. The molecule has 0 spiro atoms. The standard InChI is InChI=1S/C18H23ClN2O2/c19-15-6-4-13(5-7-15)12-17(22)21-10-8-16(9-11-21)20-18(23)14-2-1-3-14/h4-7,14,16H,1-3,8-12H2,(H,20,23). The fourth-order valence-electron chi connectivity index (χ4n) is 3.15. The number of amides is 2. The lowest BCUT2D eigenvalue weighted by atomic mass is 9.84. The summed E-state index contributed by atoms with van der Waals surface area (Å²) in [5.74, 6) is 0.595. The maximum absolute atomic E-state index is 12.4. The van der Waals surface area contributed by atoms with Gasteiger partial charge in [-0.25, -0.2) is 0 Å². The van der Waals surface area contributed by atoms with E-state index in [0.29, 0.717) is 11.4 Å². The summed E-state index contributed by atoms with van der Waals surface area (Å²) in [5, 5.41) is 3.83. The molecule has 23 heavy (non-hydrogen) atoms. The molecule has 0 unspecified atom stereocenters. The van der Waals surface area contributed by atoms with Crippen molar-refractivity contribution in [3.05, 3.63) is 34.9 Å². The Morgan fingerprint density at radius 1 is 1.09 bits per heavy atom. The van der Waals surface area contributed by atoms with Gasteiger partial charge in [0, 0.05) is 30.1 Å². The van der Waals surface area contributed by atoms with Crippen LogP contribution in [0, 0.1) is 5.92 Å². The van der Waals surface area contributed by atoms with E-state index in [-0.39, 0.29) is 23.8 Å². The van der Waals surface area contributed by atoms with Gasteiger partial charge in [-0.15, -0.1) is 0 Å². The summed E-state index contributed by atoms with van der Waals surface area (Å²) in [7, 11) is 0.